The molecule has 200 valence electrons. The Hall–Kier alpha value is -1.39. The second-order valence-corrected chi connectivity index (χ2v) is 10.7. The zero-order chi connectivity index (χ0) is 24.0. The fourth-order valence-corrected chi connectivity index (χ4v) is 6.15. The van der Waals surface area contributed by atoms with Crippen LogP contribution >= 0.6 is 12.4 Å². The Labute approximate surface area is 227 Å². The van der Waals surface area contributed by atoms with Crippen LogP contribution in [0.3, 0.4) is 0 Å². The first-order chi connectivity index (χ1) is 17.4. The van der Waals surface area contributed by atoms with Crippen molar-refractivity contribution in [3.8, 4) is 0 Å². The summed E-state index contributed by atoms with van der Waals surface area (Å²) >= 11 is 0. The van der Waals surface area contributed by atoms with Crippen LogP contribution in [-0.4, -0.2) is 61.3 Å². The summed E-state index contributed by atoms with van der Waals surface area (Å²) in [4.78, 5) is 5.48. The van der Waals surface area contributed by atoms with E-state index in [4.69, 9.17) is 4.74 Å². The molecule has 0 saturated carbocycles. The fraction of sp³-hybridized carbons (Fsp3) is 0.625. The van der Waals surface area contributed by atoms with Gasteiger partial charge in [0.25, 0.3) is 0 Å². The lowest BCUT2D eigenvalue weighted by atomic mass is 10.0. The first kappa shape index (κ1) is 29.2. The van der Waals surface area contributed by atoms with E-state index in [0.29, 0.717) is 12.1 Å². The molecule has 0 aromatic heterocycles. The summed E-state index contributed by atoms with van der Waals surface area (Å²) in [5.74, 6) is 0. The molecule has 0 aliphatic carbocycles. The van der Waals surface area contributed by atoms with Crippen LogP contribution in [-0.2, 0) is 17.6 Å². The lowest BCUT2D eigenvalue weighted by Gasteiger charge is -2.29. The maximum absolute atomic E-state index is 6.29. The molecule has 2 saturated heterocycles. The number of likely N-dealkylation sites (tertiary alicyclic amines) is 2. The van der Waals surface area contributed by atoms with Gasteiger partial charge in [0.2, 0.25) is 0 Å². The molecule has 0 radical (unpaired) electrons. The molecule has 36 heavy (non-hydrogen) atoms. The highest BCUT2D eigenvalue weighted by Crippen LogP contribution is 2.21. The first-order valence-corrected chi connectivity index (χ1v) is 14.5. The molecule has 2 aromatic carbocycles. The Morgan fingerprint density at radius 1 is 0.556 bits per heavy atom. The number of ether oxygens (including phenoxy) is 1. The normalized spacial score (nSPS) is 18.2. The molecule has 0 amide bonds. The van der Waals surface area contributed by atoms with E-state index in [9.17, 15) is 0 Å². The summed E-state index contributed by atoms with van der Waals surface area (Å²) in [6.45, 7) is 6.98. The average Bonchev–Trinajstić information content (AvgIpc) is 3.63. The van der Waals surface area contributed by atoms with E-state index < -0.39 is 0 Å². The third-order valence-corrected chi connectivity index (χ3v) is 8.20. The zero-order valence-electron chi connectivity index (χ0n) is 22.4. The Kier molecular flexibility index (Phi) is 13.9. The standard InChI is InChI=1S/C32H48N2O.ClH/c1-3-13-29(14-4-1)17-11-19-31(33-23-7-8-24-33)21-27-35-28-22-32(34-25-9-10-26-34)20-12-18-30-15-5-2-6-16-30;/h1-6,13-16,31-32H,7-12,17-28H2;1H. The van der Waals surface area contributed by atoms with Gasteiger partial charge in [0.1, 0.15) is 0 Å². The van der Waals surface area contributed by atoms with E-state index in [0.717, 1.165) is 13.2 Å². The fourth-order valence-electron chi connectivity index (χ4n) is 6.15. The van der Waals surface area contributed by atoms with Crippen molar-refractivity contribution in [3.63, 3.8) is 0 Å². The van der Waals surface area contributed by atoms with Gasteiger partial charge in [0.15, 0.2) is 0 Å². The van der Waals surface area contributed by atoms with E-state index in [-0.39, 0.29) is 12.4 Å². The molecule has 2 aliphatic heterocycles. The summed E-state index contributed by atoms with van der Waals surface area (Å²) in [6, 6.07) is 23.4. The van der Waals surface area contributed by atoms with Gasteiger partial charge in [-0.25, -0.2) is 0 Å². The summed E-state index contributed by atoms with van der Waals surface area (Å²) in [6.07, 6.45) is 15.4. The van der Waals surface area contributed by atoms with Crippen LogP contribution in [0, 0.1) is 0 Å². The maximum Gasteiger partial charge on any atom is 0.0480 e. The van der Waals surface area contributed by atoms with Crippen molar-refractivity contribution >= 4 is 12.4 Å². The Bertz CT molecular complexity index is 723. The SMILES string of the molecule is Cl.c1ccc(CCCC(CCOCCC(CCCc2ccccc2)N2CCCC2)N2CCCC2)cc1. The summed E-state index contributed by atoms with van der Waals surface area (Å²) in [5, 5.41) is 0. The van der Waals surface area contributed by atoms with E-state index in [1.54, 1.807) is 0 Å². The predicted molar refractivity (Wildman–Crippen MR) is 155 cm³/mol. The van der Waals surface area contributed by atoms with Crippen LogP contribution in [0.1, 0.15) is 75.3 Å². The van der Waals surface area contributed by atoms with Gasteiger partial charge in [-0.05, 0) is 114 Å². The monoisotopic (exact) mass is 512 g/mol. The molecule has 0 bridgehead atoms. The molecule has 2 fully saturated rings. The second kappa shape index (κ2) is 17.2. The van der Waals surface area contributed by atoms with E-state index in [1.165, 1.54) is 114 Å². The minimum Gasteiger partial charge on any atom is -0.381 e. The number of aryl methyl sites for hydroxylation is 2. The number of hydrogen-bond acceptors (Lipinski definition) is 3. The molecular formula is C32H49ClN2O. The van der Waals surface area contributed by atoms with Crippen molar-refractivity contribution in [1.82, 2.24) is 9.80 Å². The Morgan fingerprint density at radius 2 is 0.944 bits per heavy atom. The van der Waals surface area contributed by atoms with Gasteiger partial charge in [0, 0.05) is 25.3 Å². The summed E-state index contributed by atoms with van der Waals surface area (Å²) < 4.78 is 6.29. The number of benzene rings is 2. The molecular weight excluding hydrogens is 464 g/mol. The van der Waals surface area contributed by atoms with Crippen LogP contribution in [0.2, 0.25) is 0 Å². The Balaban J connectivity index is 0.00000361. The van der Waals surface area contributed by atoms with Crippen molar-refractivity contribution in [2.75, 3.05) is 39.4 Å². The number of halogens is 1. The lowest BCUT2D eigenvalue weighted by Crippen LogP contribution is -2.35. The van der Waals surface area contributed by atoms with E-state index in [2.05, 4.69) is 70.5 Å². The molecule has 3 nitrogen and oxygen atoms in total. The average molecular weight is 513 g/mol. The van der Waals surface area contributed by atoms with Crippen LogP contribution < -0.4 is 0 Å². The number of nitrogens with zero attached hydrogens (tertiary/aromatic N) is 2. The second-order valence-electron chi connectivity index (χ2n) is 10.7. The van der Waals surface area contributed by atoms with Crippen LogP contribution in [0.4, 0.5) is 0 Å². The molecule has 0 spiro atoms. The highest BCUT2D eigenvalue weighted by Gasteiger charge is 2.23. The number of hydrogen-bond donors (Lipinski definition) is 0. The van der Waals surface area contributed by atoms with E-state index >= 15 is 0 Å². The smallest absolute Gasteiger partial charge is 0.0480 e. The molecule has 2 aliphatic rings. The quantitative estimate of drug-likeness (QED) is 0.221. The molecule has 4 heteroatoms. The van der Waals surface area contributed by atoms with Gasteiger partial charge in [-0.15, -0.1) is 12.4 Å². The topological polar surface area (TPSA) is 15.7 Å². The molecule has 0 N–H and O–H groups in total. The summed E-state index contributed by atoms with van der Waals surface area (Å²) in [5.41, 5.74) is 2.95. The highest BCUT2D eigenvalue weighted by molar-refractivity contribution is 5.85. The van der Waals surface area contributed by atoms with Crippen LogP contribution in [0.5, 0.6) is 0 Å². The summed E-state index contributed by atoms with van der Waals surface area (Å²) in [7, 11) is 0. The van der Waals surface area contributed by atoms with Crippen molar-refractivity contribution in [2.24, 2.45) is 0 Å². The van der Waals surface area contributed by atoms with E-state index in [1.807, 2.05) is 0 Å². The van der Waals surface area contributed by atoms with Gasteiger partial charge in [-0.1, -0.05) is 60.7 Å². The van der Waals surface area contributed by atoms with Crippen molar-refractivity contribution < 1.29 is 4.74 Å². The van der Waals surface area contributed by atoms with Gasteiger partial charge in [-0.2, -0.15) is 0 Å². The highest BCUT2D eigenvalue weighted by atomic mass is 35.5. The van der Waals surface area contributed by atoms with Crippen molar-refractivity contribution in [1.29, 1.82) is 0 Å². The van der Waals surface area contributed by atoms with Gasteiger partial charge in [0.05, 0.1) is 0 Å². The molecule has 2 unspecified atom stereocenters. The van der Waals surface area contributed by atoms with Gasteiger partial charge >= 0.3 is 0 Å². The minimum atomic E-state index is 0. The maximum atomic E-state index is 6.29. The zero-order valence-corrected chi connectivity index (χ0v) is 23.2. The van der Waals surface area contributed by atoms with Gasteiger partial charge in [-0.3, -0.25) is 0 Å². The number of rotatable bonds is 16. The third-order valence-electron chi connectivity index (χ3n) is 8.20. The Morgan fingerprint density at radius 3 is 1.33 bits per heavy atom. The largest absolute Gasteiger partial charge is 0.381 e. The van der Waals surface area contributed by atoms with Crippen LogP contribution in [0.25, 0.3) is 0 Å². The third kappa shape index (κ3) is 10.2. The molecule has 4 rings (SSSR count). The molecule has 2 atom stereocenters. The van der Waals surface area contributed by atoms with Gasteiger partial charge < -0.3 is 14.5 Å². The molecule has 2 aromatic rings. The van der Waals surface area contributed by atoms with Crippen molar-refractivity contribution in [3.05, 3.63) is 71.8 Å². The first-order valence-electron chi connectivity index (χ1n) is 14.5. The van der Waals surface area contributed by atoms with Crippen molar-refractivity contribution in [2.45, 2.75) is 89.1 Å². The molecule has 2 heterocycles. The van der Waals surface area contributed by atoms with Crippen LogP contribution in [0.15, 0.2) is 60.7 Å². The minimum absolute atomic E-state index is 0. The lowest BCUT2D eigenvalue weighted by molar-refractivity contribution is 0.0806. The predicted octanol–water partition coefficient (Wildman–Crippen LogP) is 7.18.